The highest BCUT2D eigenvalue weighted by atomic mass is 16.6. The second-order valence-electron chi connectivity index (χ2n) is 23.7. The van der Waals surface area contributed by atoms with Crippen molar-refractivity contribution in [2.24, 2.45) is 107 Å². The molecule has 6 amide bonds. The third kappa shape index (κ3) is 7.44. The van der Waals surface area contributed by atoms with Crippen molar-refractivity contribution < 1.29 is 43.0 Å². The van der Waals surface area contributed by atoms with Gasteiger partial charge in [0.05, 0.1) is 48.7 Å². The van der Waals surface area contributed by atoms with Crippen molar-refractivity contribution in [1.29, 1.82) is 0 Å². The van der Waals surface area contributed by atoms with E-state index < -0.39 is 77.4 Å². The van der Waals surface area contributed by atoms with E-state index in [1.807, 2.05) is 0 Å². The van der Waals surface area contributed by atoms with E-state index in [4.69, 9.17) is 9.47 Å². The van der Waals surface area contributed by atoms with Crippen LogP contribution in [0.3, 0.4) is 0 Å². The fraction of sp³-hybridized carbons (Fsp3) is 0.648. The molecule has 12 aliphatic carbocycles. The zero-order valence-electron chi connectivity index (χ0n) is 39.7. The maximum atomic E-state index is 14.7. The highest BCUT2D eigenvalue weighted by Gasteiger charge is 2.58. The fourth-order valence-electron chi connectivity index (χ4n) is 16.1. The van der Waals surface area contributed by atoms with Crippen LogP contribution in [0, 0.1) is 107 Å². The van der Waals surface area contributed by atoms with E-state index in [0.717, 1.165) is 38.5 Å². The van der Waals surface area contributed by atoms with E-state index in [-0.39, 0.29) is 113 Å². The minimum absolute atomic E-state index is 0.00458. The van der Waals surface area contributed by atoms with Crippen LogP contribution in [0.1, 0.15) is 59.3 Å². The van der Waals surface area contributed by atoms with Gasteiger partial charge < -0.3 is 41.4 Å². The van der Waals surface area contributed by atoms with Crippen LogP contribution in [0.2, 0.25) is 0 Å². The molecule has 0 heterocycles. The lowest BCUT2D eigenvalue weighted by Gasteiger charge is -2.36. The number of amides is 6. The Hall–Kier alpha value is -5.47. The second kappa shape index (κ2) is 16.6. The second-order valence-corrected chi connectivity index (χ2v) is 23.7. The summed E-state index contributed by atoms with van der Waals surface area (Å²) in [6.45, 7) is 5.42. The van der Waals surface area contributed by atoms with E-state index in [2.05, 4.69) is 105 Å². The van der Waals surface area contributed by atoms with Crippen LogP contribution in [-0.4, -0.2) is 90.6 Å². The summed E-state index contributed by atoms with van der Waals surface area (Å²) in [5, 5.41) is 19.6. The molecule has 366 valence electrons. The lowest BCUT2D eigenvalue weighted by atomic mass is 9.82. The van der Waals surface area contributed by atoms with E-state index in [1.54, 1.807) is 20.8 Å². The summed E-state index contributed by atoms with van der Waals surface area (Å²) in [7, 11) is 1.38. The predicted molar refractivity (Wildman–Crippen MR) is 250 cm³/mol. The molecular weight excluding hydrogens is 877 g/mol. The molecule has 0 saturated heterocycles. The van der Waals surface area contributed by atoms with Crippen LogP contribution in [0.5, 0.6) is 0 Å². The summed E-state index contributed by atoms with van der Waals surface area (Å²) in [6.07, 6.45) is 29.1. The molecule has 24 atom stereocenters. The smallest absolute Gasteiger partial charge is 0.407 e. The molecule has 6 fully saturated rings. The van der Waals surface area contributed by atoms with Crippen LogP contribution in [0.25, 0.3) is 0 Å². The first-order chi connectivity index (χ1) is 33.1. The highest BCUT2D eigenvalue weighted by Crippen LogP contribution is 2.51. The lowest BCUT2D eigenvalue weighted by molar-refractivity contribution is -0.147. The molecule has 12 bridgehead atoms. The quantitative estimate of drug-likeness (QED) is 0.125. The fourth-order valence-corrected chi connectivity index (χ4v) is 16.1. The lowest BCUT2D eigenvalue weighted by Crippen LogP contribution is -2.58. The van der Waals surface area contributed by atoms with Gasteiger partial charge in [0.25, 0.3) is 0 Å². The molecule has 6 saturated carbocycles. The number of carbonyl (C=O) groups excluding carboxylic acids is 7. The normalized spacial score (nSPS) is 46.3. The summed E-state index contributed by atoms with van der Waals surface area (Å²) in [6, 6.07) is -2.50. The van der Waals surface area contributed by atoms with Crippen LogP contribution >= 0.6 is 0 Å². The van der Waals surface area contributed by atoms with Gasteiger partial charge in [-0.25, -0.2) is 4.79 Å². The van der Waals surface area contributed by atoms with Crippen LogP contribution < -0.4 is 31.9 Å². The highest BCUT2D eigenvalue weighted by molar-refractivity contribution is 5.89. The van der Waals surface area contributed by atoms with Crippen molar-refractivity contribution >= 4 is 41.6 Å². The number of nitrogens with one attached hydrogen (secondary N) is 6. The Morgan fingerprint density at radius 3 is 0.812 bits per heavy atom. The molecule has 0 aromatic heterocycles. The SMILES string of the molecule is COC(=O)[C@H]1[C@@H](NC(=O)[C@H]2[C@@H](NC(=O)[C@H]3[C@@H](NC(=O)[C@H]4[C@@H](NC(=O)[C@H]5[C@@H](NC(=O)[C@H]6[C@@H](NC(=O)OC(C)(C)C)[C@@H]7C=C[C@H]6C7)[C@@H]6C=C[C@H]5C6)[C@@H]5C=C[C@H]4C5)[C@@H]4C=C[C@H]3C4)[C@@H]3C=C[C@H]2C3)[C@@H]2C=C[C@H]1C2. The third-order valence-corrected chi connectivity index (χ3v) is 19.0. The number of hydrogen-bond acceptors (Lipinski definition) is 9. The summed E-state index contributed by atoms with van der Waals surface area (Å²) in [5.41, 5.74) is -0.681. The molecule has 6 N–H and O–H groups in total. The number of hydrogen-bond donors (Lipinski definition) is 6. The van der Waals surface area contributed by atoms with Gasteiger partial charge in [-0.2, -0.15) is 0 Å². The van der Waals surface area contributed by atoms with Gasteiger partial charge in [-0.1, -0.05) is 72.9 Å². The Labute approximate surface area is 403 Å². The average Bonchev–Trinajstić information content (AvgIpc) is 4.15. The van der Waals surface area contributed by atoms with Crippen LogP contribution in [0.15, 0.2) is 72.9 Å². The third-order valence-electron chi connectivity index (χ3n) is 19.0. The van der Waals surface area contributed by atoms with Gasteiger partial charge in [0.2, 0.25) is 29.5 Å². The maximum Gasteiger partial charge on any atom is 0.407 e. The Balaban J connectivity index is 0.711. The van der Waals surface area contributed by atoms with Gasteiger partial charge in [0.1, 0.15) is 5.60 Å². The molecule has 0 aromatic rings. The Kier molecular flexibility index (Phi) is 10.7. The number of ether oxygens (including phenoxy) is 2. The minimum atomic E-state index is -0.681. The zero-order chi connectivity index (χ0) is 47.8. The van der Waals surface area contributed by atoms with Crippen molar-refractivity contribution in [3.63, 3.8) is 0 Å². The molecule has 15 nitrogen and oxygen atoms in total. The maximum absolute atomic E-state index is 14.7. The van der Waals surface area contributed by atoms with Crippen LogP contribution in [-0.2, 0) is 38.2 Å². The van der Waals surface area contributed by atoms with Crippen molar-refractivity contribution in [2.75, 3.05) is 7.11 Å². The van der Waals surface area contributed by atoms with E-state index in [9.17, 15) is 33.6 Å². The average molecular weight is 943 g/mol. The first-order valence-corrected chi connectivity index (χ1v) is 25.8. The molecule has 0 unspecified atom stereocenters. The predicted octanol–water partition coefficient (Wildman–Crippen LogP) is 3.41. The summed E-state index contributed by atoms with van der Waals surface area (Å²) < 4.78 is 10.7. The summed E-state index contributed by atoms with van der Waals surface area (Å²) >= 11 is 0. The van der Waals surface area contributed by atoms with Crippen molar-refractivity contribution in [1.82, 2.24) is 31.9 Å². The zero-order valence-corrected chi connectivity index (χ0v) is 39.7. The van der Waals surface area contributed by atoms with Crippen molar-refractivity contribution in [2.45, 2.75) is 101 Å². The largest absolute Gasteiger partial charge is 0.469 e. The van der Waals surface area contributed by atoms with Gasteiger partial charge in [-0.3, -0.25) is 28.8 Å². The van der Waals surface area contributed by atoms with Crippen LogP contribution in [0.4, 0.5) is 4.79 Å². The van der Waals surface area contributed by atoms with E-state index in [0.29, 0.717) is 0 Å². The number of carbonyl (C=O) groups is 7. The van der Waals surface area contributed by atoms with E-state index >= 15 is 0 Å². The molecular formula is C54H66N6O9. The number of methoxy groups -OCH3 is 1. The molecule has 69 heavy (non-hydrogen) atoms. The molecule has 12 rings (SSSR count). The Morgan fingerprint density at radius 1 is 0.348 bits per heavy atom. The monoisotopic (exact) mass is 942 g/mol. The standard InChI is InChI=1S/C54H66N6O9/c1-54(2,3)69-53(67)60-45-33-15-9-27(21-33)39(45)51(65)58-43-31-13-7-25(19-31)37(43)49(63)56-41-29-11-5-23(17-29)35(41)47(61)55-42-30-12-6-24(18-30)36(42)48(62)57-44-32-14-8-26(20-32)38(44)50(64)59-46-34-16-10-28(22-34)40(46)52(66)68-4/h5-16,23-46H,17-22H2,1-4H3,(H,55,61)(H,56,63)(H,57,62)(H,58,65)(H,59,64)(H,60,67)/t23-,24-,25-,26-,27-,28-,29+,30+,31+,32+,33+,34+,35+,36+,37+,38+,39+,40+,41-,42-,43-,44-,45-,46-/m0/s1. The topological polar surface area (TPSA) is 210 Å². The van der Waals surface area contributed by atoms with Gasteiger partial charge in [-0.05, 0) is 130 Å². The Morgan fingerprint density at radius 2 is 0.565 bits per heavy atom. The molecule has 12 aliphatic rings. The number of rotatable bonds is 12. The number of fused-ring (bicyclic) bond motifs is 12. The van der Waals surface area contributed by atoms with E-state index in [1.165, 1.54) is 7.11 Å². The molecule has 0 aliphatic heterocycles. The summed E-state index contributed by atoms with van der Waals surface area (Å²) in [4.78, 5) is 98.2. The van der Waals surface area contributed by atoms with Gasteiger partial charge in [0, 0.05) is 30.2 Å². The molecule has 15 heteroatoms. The Bertz CT molecular complexity index is 2420. The number of allylic oxidation sites excluding steroid dienone is 6. The van der Waals surface area contributed by atoms with Gasteiger partial charge >= 0.3 is 12.1 Å². The van der Waals surface area contributed by atoms with Crippen molar-refractivity contribution in [3.8, 4) is 0 Å². The number of alkyl carbamates (subject to hydrolysis) is 1. The first-order valence-electron chi connectivity index (χ1n) is 25.8. The minimum Gasteiger partial charge on any atom is -0.469 e. The summed E-state index contributed by atoms with van der Waals surface area (Å²) in [5.74, 6) is -4.28. The molecule has 0 radical (unpaired) electrons. The van der Waals surface area contributed by atoms with Gasteiger partial charge in [-0.15, -0.1) is 0 Å². The first kappa shape index (κ1) is 44.7. The van der Waals surface area contributed by atoms with Crippen molar-refractivity contribution in [3.05, 3.63) is 72.9 Å². The van der Waals surface area contributed by atoms with Gasteiger partial charge in [0.15, 0.2) is 0 Å². The molecule has 0 aromatic carbocycles. The number of esters is 1. The molecule has 0 spiro atoms.